The van der Waals surface area contributed by atoms with Gasteiger partial charge in [-0.3, -0.25) is 9.48 Å². The molecule has 1 N–H and O–H groups in total. The highest BCUT2D eigenvalue weighted by Crippen LogP contribution is 2.19. The molecule has 7 nitrogen and oxygen atoms in total. The zero-order valence-corrected chi connectivity index (χ0v) is 18.3. The van der Waals surface area contributed by atoms with Crippen LogP contribution < -0.4 is 5.32 Å². The average Bonchev–Trinajstić information content (AvgIpc) is 3.08. The van der Waals surface area contributed by atoms with Crippen molar-refractivity contribution in [3.8, 4) is 0 Å². The van der Waals surface area contributed by atoms with Crippen LogP contribution in [0.1, 0.15) is 58.3 Å². The molecule has 1 aromatic heterocycles. The van der Waals surface area contributed by atoms with E-state index in [0.29, 0.717) is 51.1 Å². The first kappa shape index (κ1) is 23.2. The summed E-state index contributed by atoms with van der Waals surface area (Å²) in [6.07, 6.45) is 3.36. The SMILES string of the molecule is CCc1nn(CCCOC(=O)c2ccc(Cl)cc2F)c2c1C(=O)NCCCOCCC2. The number of hydrogen-bond donors (Lipinski definition) is 1. The Morgan fingerprint density at radius 1 is 1.35 bits per heavy atom. The van der Waals surface area contributed by atoms with E-state index in [1.54, 1.807) is 0 Å². The predicted molar refractivity (Wildman–Crippen MR) is 114 cm³/mol. The Morgan fingerprint density at radius 2 is 2.16 bits per heavy atom. The number of aryl methyl sites for hydroxylation is 2. The number of nitrogens with one attached hydrogen (secondary N) is 1. The second-order valence-corrected chi connectivity index (χ2v) is 7.72. The number of esters is 1. The van der Waals surface area contributed by atoms with Crippen molar-refractivity contribution in [3.63, 3.8) is 0 Å². The molecule has 0 atom stereocenters. The number of rotatable bonds is 6. The smallest absolute Gasteiger partial charge is 0.341 e. The van der Waals surface area contributed by atoms with Gasteiger partial charge < -0.3 is 14.8 Å². The third-order valence-electron chi connectivity index (χ3n) is 5.04. The molecule has 1 aliphatic heterocycles. The molecule has 31 heavy (non-hydrogen) atoms. The number of aromatic nitrogens is 2. The molecule has 0 unspecified atom stereocenters. The van der Waals surface area contributed by atoms with Gasteiger partial charge in [0.1, 0.15) is 5.82 Å². The number of carbonyl (C=O) groups excluding carboxylic acids is 2. The zero-order chi connectivity index (χ0) is 22.2. The lowest BCUT2D eigenvalue weighted by molar-refractivity contribution is 0.0489. The lowest BCUT2D eigenvalue weighted by Crippen LogP contribution is -2.26. The van der Waals surface area contributed by atoms with Gasteiger partial charge in [-0.1, -0.05) is 18.5 Å². The monoisotopic (exact) mass is 451 g/mol. The molecule has 0 bridgehead atoms. The summed E-state index contributed by atoms with van der Waals surface area (Å²) < 4.78 is 26.5. The number of benzene rings is 1. The van der Waals surface area contributed by atoms with E-state index in [-0.39, 0.29) is 23.1 Å². The predicted octanol–water partition coefficient (Wildman–Crippen LogP) is 3.57. The van der Waals surface area contributed by atoms with Crippen LogP contribution in [0.4, 0.5) is 4.39 Å². The van der Waals surface area contributed by atoms with Gasteiger partial charge in [0.25, 0.3) is 5.91 Å². The molecular weight excluding hydrogens is 425 g/mol. The van der Waals surface area contributed by atoms with Crippen LogP contribution in [0.3, 0.4) is 0 Å². The maximum Gasteiger partial charge on any atom is 0.341 e. The van der Waals surface area contributed by atoms with Crippen molar-refractivity contribution in [1.82, 2.24) is 15.1 Å². The van der Waals surface area contributed by atoms with E-state index >= 15 is 0 Å². The molecule has 0 saturated heterocycles. The second kappa shape index (κ2) is 11.2. The number of halogens is 2. The topological polar surface area (TPSA) is 82.5 Å². The van der Waals surface area contributed by atoms with Crippen molar-refractivity contribution in [2.24, 2.45) is 0 Å². The van der Waals surface area contributed by atoms with Crippen molar-refractivity contribution in [3.05, 3.63) is 51.6 Å². The van der Waals surface area contributed by atoms with E-state index < -0.39 is 11.8 Å². The molecule has 2 heterocycles. The fourth-order valence-electron chi connectivity index (χ4n) is 3.52. The van der Waals surface area contributed by atoms with E-state index in [0.717, 1.165) is 30.3 Å². The van der Waals surface area contributed by atoms with Crippen LogP contribution in [-0.4, -0.2) is 48.0 Å². The van der Waals surface area contributed by atoms with Gasteiger partial charge in [-0.05, 0) is 43.9 Å². The molecule has 3 rings (SSSR count). The molecule has 0 saturated carbocycles. The van der Waals surface area contributed by atoms with E-state index in [4.69, 9.17) is 21.1 Å². The second-order valence-electron chi connectivity index (χ2n) is 7.28. The van der Waals surface area contributed by atoms with Gasteiger partial charge in [0.05, 0.1) is 29.1 Å². The van der Waals surface area contributed by atoms with Crippen molar-refractivity contribution in [2.45, 2.75) is 45.6 Å². The van der Waals surface area contributed by atoms with Crippen LogP contribution in [-0.2, 0) is 28.9 Å². The quantitative estimate of drug-likeness (QED) is 0.536. The summed E-state index contributed by atoms with van der Waals surface area (Å²) >= 11 is 5.71. The minimum absolute atomic E-state index is 0.103. The van der Waals surface area contributed by atoms with Crippen molar-refractivity contribution >= 4 is 23.5 Å². The van der Waals surface area contributed by atoms with Gasteiger partial charge in [-0.15, -0.1) is 0 Å². The molecule has 2 aromatic rings. The Bertz CT molecular complexity index is 932. The largest absolute Gasteiger partial charge is 0.462 e. The van der Waals surface area contributed by atoms with E-state index in [1.165, 1.54) is 12.1 Å². The summed E-state index contributed by atoms with van der Waals surface area (Å²) in [6.45, 7) is 4.37. The Labute approximate surface area is 185 Å². The van der Waals surface area contributed by atoms with E-state index in [1.807, 2.05) is 11.6 Å². The minimum atomic E-state index is -0.736. The van der Waals surface area contributed by atoms with Gasteiger partial charge in [0, 0.05) is 37.7 Å². The van der Waals surface area contributed by atoms with Gasteiger partial charge in [-0.2, -0.15) is 5.10 Å². The van der Waals surface area contributed by atoms with E-state index in [2.05, 4.69) is 10.4 Å². The highest BCUT2D eigenvalue weighted by atomic mass is 35.5. The Balaban J connectivity index is 1.65. The molecule has 0 spiro atoms. The van der Waals surface area contributed by atoms with Crippen LogP contribution in [0.5, 0.6) is 0 Å². The van der Waals surface area contributed by atoms with Gasteiger partial charge in [0.15, 0.2) is 0 Å². The fraction of sp³-hybridized carbons (Fsp3) is 0.500. The van der Waals surface area contributed by atoms with Crippen molar-refractivity contribution in [2.75, 3.05) is 26.4 Å². The molecule has 0 aliphatic carbocycles. The summed E-state index contributed by atoms with van der Waals surface area (Å²) in [7, 11) is 0. The summed E-state index contributed by atoms with van der Waals surface area (Å²) in [5.41, 5.74) is 2.12. The summed E-state index contributed by atoms with van der Waals surface area (Å²) in [5, 5.41) is 7.79. The van der Waals surface area contributed by atoms with Crippen LogP contribution in [0, 0.1) is 5.82 Å². The highest BCUT2D eigenvalue weighted by molar-refractivity contribution is 6.30. The lowest BCUT2D eigenvalue weighted by Gasteiger charge is -2.10. The maximum absolute atomic E-state index is 13.9. The molecule has 168 valence electrons. The summed E-state index contributed by atoms with van der Waals surface area (Å²) in [4.78, 5) is 24.8. The Hall–Kier alpha value is -2.45. The fourth-order valence-corrected chi connectivity index (χ4v) is 3.68. The normalized spacial score (nSPS) is 15.0. The molecule has 1 aromatic carbocycles. The lowest BCUT2D eigenvalue weighted by atomic mass is 10.1. The molecule has 0 fully saturated rings. The molecule has 9 heteroatoms. The first-order chi connectivity index (χ1) is 15.0. The van der Waals surface area contributed by atoms with Crippen LogP contribution in [0.15, 0.2) is 18.2 Å². The van der Waals surface area contributed by atoms with Gasteiger partial charge in [-0.25, -0.2) is 9.18 Å². The molecule has 1 amide bonds. The van der Waals surface area contributed by atoms with Crippen LogP contribution in [0.25, 0.3) is 0 Å². The first-order valence-corrected chi connectivity index (χ1v) is 11.0. The number of hydrogen-bond acceptors (Lipinski definition) is 5. The standard InChI is InChI=1S/C22H27ClFN3O4/c1-2-18-20-19(6-3-11-30-12-4-9-25-21(20)28)27(26-18)10-5-13-31-22(29)16-8-7-15(23)14-17(16)24/h7-8,14H,2-6,9-13H2,1H3,(H,25,28). The summed E-state index contributed by atoms with van der Waals surface area (Å²) in [6, 6.07) is 3.82. The third kappa shape index (κ3) is 6.04. The van der Waals surface area contributed by atoms with Crippen LogP contribution in [0.2, 0.25) is 5.02 Å². The number of ether oxygens (including phenoxy) is 2. The van der Waals surface area contributed by atoms with E-state index in [9.17, 15) is 14.0 Å². The molecule has 1 aliphatic rings. The minimum Gasteiger partial charge on any atom is -0.462 e. The number of carbonyl (C=O) groups is 2. The zero-order valence-electron chi connectivity index (χ0n) is 17.6. The Morgan fingerprint density at radius 3 is 2.94 bits per heavy atom. The van der Waals surface area contributed by atoms with Crippen molar-refractivity contribution in [1.29, 1.82) is 0 Å². The number of amides is 1. The number of fused-ring (bicyclic) bond motifs is 1. The van der Waals surface area contributed by atoms with Gasteiger partial charge >= 0.3 is 5.97 Å². The maximum atomic E-state index is 13.9. The number of nitrogens with zero attached hydrogens (tertiary/aromatic N) is 2. The third-order valence-corrected chi connectivity index (χ3v) is 5.28. The Kier molecular flexibility index (Phi) is 8.43. The highest BCUT2D eigenvalue weighted by Gasteiger charge is 2.23. The molecular formula is C22H27ClFN3O4. The van der Waals surface area contributed by atoms with Gasteiger partial charge in [0.2, 0.25) is 0 Å². The summed E-state index contributed by atoms with van der Waals surface area (Å²) in [5.74, 6) is -1.56. The first-order valence-electron chi connectivity index (χ1n) is 10.6. The van der Waals surface area contributed by atoms with Crippen molar-refractivity contribution < 1.29 is 23.5 Å². The van der Waals surface area contributed by atoms with Crippen LogP contribution >= 0.6 is 11.6 Å². The molecule has 0 radical (unpaired) electrons. The average molecular weight is 452 g/mol.